The van der Waals surface area contributed by atoms with Gasteiger partial charge in [0.25, 0.3) is 0 Å². The summed E-state index contributed by atoms with van der Waals surface area (Å²) in [5, 5.41) is 8.86. The highest BCUT2D eigenvalue weighted by Gasteiger charge is 2.51. The van der Waals surface area contributed by atoms with Crippen LogP contribution in [-0.2, 0) is 61.1 Å². The van der Waals surface area contributed by atoms with Crippen LogP contribution >= 0.6 is 0 Å². The van der Waals surface area contributed by atoms with Crippen LogP contribution in [0.1, 0.15) is 191 Å². The molecule has 1 saturated carbocycles. The molecule has 9 N–H and O–H groups in total. The van der Waals surface area contributed by atoms with E-state index in [2.05, 4.69) is 36.7 Å². The smallest absolute Gasteiger partial charge is 0.238 e. The minimum atomic E-state index is -1.22. The molecule has 7 aliphatic rings. The van der Waals surface area contributed by atoms with E-state index >= 15 is 0 Å². The van der Waals surface area contributed by atoms with Gasteiger partial charge in [-0.15, -0.1) is 0 Å². The van der Waals surface area contributed by atoms with Crippen LogP contribution < -0.4 is 33.2 Å². The second kappa shape index (κ2) is 35.5. The van der Waals surface area contributed by atoms with Crippen molar-refractivity contribution in [2.45, 2.75) is 256 Å². The summed E-state index contributed by atoms with van der Waals surface area (Å²) in [5.41, 5.74) is 20.4. The molecule has 0 spiro atoms. The maximum atomic E-state index is 14.1. The average molecular weight is 1480 g/mol. The molecule has 3 unspecified atom stereocenters. The Labute approximate surface area is 616 Å². The van der Waals surface area contributed by atoms with Crippen molar-refractivity contribution >= 4 is 35.4 Å². The Kier molecular flexibility index (Phi) is 27.0. The van der Waals surface area contributed by atoms with Crippen LogP contribution in [0.4, 0.5) is 39.5 Å². The van der Waals surface area contributed by atoms with E-state index in [4.69, 9.17) is 17.2 Å². The zero-order valence-corrected chi connectivity index (χ0v) is 61.4. The van der Waals surface area contributed by atoms with E-state index in [9.17, 15) is 68.3 Å². The first-order valence-electron chi connectivity index (χ1n) is 37.9. The standard InChI is InChI=1S/C29H42F3N3O2.C27H32F3N3O2.C26H30F3N3O2/c1-29(2,3)19-4-6-20(7-5-19)34-27(36)10-11-28(37)35-21-8-9-22(35)13-18(12-21)26(33)15-17-14-24(31)25(32)16-23(17)30;1-27(2,25(34)32-15-16-6-4-3-5-7-16)26(35)33-19-8-9-20(33)11-18(10-19)24(31)13-17-12-22(29)23(30)14-21(17)28;27-21-14-23(29)22(28)12-17(21)13-24(30)18-10-19-6-7-20(11-18)32(19)26(34)9-8-25(33)31-15-16-4-2-1-3-5-16/h14,16,18-22,26H,4-13,15,33H2,1-3H3,(H,34,36);3-7,12,14,18-20,24H,8-11,13,15,31H2,1-2H3,(H,32,34);1-5,12,14,18-20,24H,6-11,13,15,30H2,(H,31,33)/t18?,19?,20?,21-,22+,26-;2*18?,19-,20+,24-/m111/s1. The van der Waals surface area contributed by atoms with E-state index in [-0.39, 0.29) is 157 Å². The first kappa shape index (κ1) is 80.7. The average Bonchev–Trinajstić information content (AvgIpc) is 1.57. The summed E-state index contributed by atoms with van der Waals surface area (Å²) >= 11 is 0. The highest BCUT2D eigenvalue weighted by Crippen LogP contribution is 2.45. The van der Waals surface area contributed by atoms with E-state index in [1.807, 2.05) is 75.4 Å². The fourth-order valence-corrected chi connectivity index (χ4v) is 17.7. The predicted octanol–water partition coefficient (Wildman–Crippen LogP) is 13.2. The Morgan fingerprint density at radius 2 is 0.726 bits per heavy atom. The second-order valence-corrected chi connectivity index (χ2v) is 32.4. The van der Waals surface area contributed by atoms with Gasteiger partial charge in [-0.1, -0.05) is 81.4 Å². The van der Waals surface area contributed by atoms with E-state index in [0.717, 1.165) is 93.5 Å². The molecule has 106 heavy (non-hydrogen) atoms. The van der Waals surface area contributed by atoms with Gasteiger partial charge < -0.3 is 47.9 Å². The van der Waals surface area contributed by atoms with Crippen molar-refractivity contribution in [3.8, 4) is 0 Å². The molecule has 6 heterocycles. The third kappa shape index (κ3) is 20.3. The minimum absolute atomic E-state index is 0.0118. The number of fused-ring (bicyclic) bond motifs is 6. The molecule has 6 saturated heterocycles. The van der Waals surface area contributed by atoms with Crippen molar-refractivity contribution in [2.75, 3.05) is 0 Å². The van der Waals surface area contributed by atoms with Gasteiger partial charge in [0.2, 0.25) is 35.4 Å². The van der Waals surface area contributed by atoms with Crippen LogP contribution in [-0.4, -0.2) is 111 Å². The maximum Gasteiger partial charge on any atom is 0.238 e. The summed E-state index contributed by atoms with van der Waals surface area (Å²) in [4.78, 5) is 82.9. The van der Waals surface area contributed by atoms with Gasteiger partial charge in [0.05, 0.1) is 0 Å². The van der Waals surface area contributed by atoms with Gasteiger partial charge in [0.15, 0.2) is 34.9 Å². The molecular weight excluding hydrogens is 1380 g/mol. The Hall–Kier alpha value is -7.83. The van der Waals surface area contributed by atoms with Crippen LogP contribution in [0.15, 0.2) is 97.1 Å². The summed E-state index contributed by atoms with van der Waals surface area (Å²) < 4.78 is 123. The minimum Gasteiger partial charge on any atom is -0.353 e. The van der Waals surface area contributed by atoms with Gasteiger partial charge in [-0.3, -0.25) is 28.8 Å². The molecule has 7 fully saturated rings. The van der Waals surface area contributed by atoms with Gasteiger partial charge in [-0.25, -0.2) is 39.5 Å². The number of halogens is 9. The summed E-state index contributed by atoms with van der Waals surface area (Å²) in [6.45, 7) is 10.9. The summed E-state index contributed by atoms with van der Waals surface area (Å²) in [6, 6.07) is 22.5. The molecule has 12 rings (SSSR count). The molecule has 6 bridgehead atoms. The van der Waals surface area contributed by atoms with Crippen LogP contribution in [0.3, 0.4) is 0 Å². The monoisotopic (exact) mass is 1480 g/mol. The summed E-state index contributed by atoms with van der Waals surface area (Å²) in [7, 11) is 0. The Balaban J connectivity index is 0.000000170. The number of nitrogens with zero attached hydrogens (tertiary/aromatic N) is 3. The SMILES string of the molecule is CC(C)(C(=O)NCc1ccccc1)C(=O)N1[C@@H]2CC[C@H]1CC([C@H](N)Cc1cc(F)c(F)cc1F)C2.CC(C)(C)C1CCC(NC(=O)CCC(=O)N2[C@@H]3CC[C@H]2CC([C@H](N)Cc2cc(F)c(F)cc2F)C3)CC1.N[C@H](Cc1cc(F)c(F)cc1F)C1C[C@H]2CC[C@@H](C1)N2C(=O)CCC(=O)NCc1ccccc1. The van der Waals surface area contributed by atoms with E-state index in [1.54, 1.807) is 13.8 Å². The lowest BCUT2D eigenvalue weighted by Gasteiger charge is -2.43. The number of carbonyl (C=O) groups excluding carboxylic acids is 6. The molecule has 6 amide bonds. The second-order valence-electron chi connectivity index (χ2n) is 32.4. The third-order valence-electron chi connectivity index (χ3n) is 23.8. The largest absolute Gasteiger partial charge is 0.353 e. The Morgan fingerprint density at radius 1 is 0.406 bits per heavy atom. The van der Waals surface area contributed by atoms with E-state index in [1.165, 1.54) is 0 Å². The Bertz CT molecular complexity index is 3860. The van der Waals surface area contributed by atoms with Crippen molar-refractivity contribution < 1.29 is 68.3 Å². The van der Waals surface area contributed by atoms with Crippen molar-refractivity contribution in [2.24, 2.45) is 51.7 Å². The number of rotatable bonds is 22. The molecule has 6 aliphatic heterocycles. The first-order valence-corrected chi connectivity index (χ1v) is 37.9. The van der Waals surface area contributed by atoms with Gasteiger partial charge in [0, 0.05) is 117 Å². The van der Waals surface area contributed by atoms with E-state index < -0.39 is 75.9 Å². The molecule has 12 atom stereocenters. The Morgan fingerprint density at radius 3 is 1.08 bits per heavy atom. The third-order valence-corrected chi connectivity index (χ3v) is 23.8. The lowest BCUT2D eigenvalue weighted by molar-refractivity contribution is -0.152. The number of carbonyl (C=O) groups is 6. The molecule has 5 aromatic rings. The number of amides is 6. The van der Waals surface area contributed by atoms with Crippen LogP contribution in [0, 0.1) is 86.9 Å². The summed E-state index contributed by atoms with van der Waals surface area (Å²) in [6.07, 6.45) is 14.5. The summed E-state index contributed by atoms with van der Waals surface area (Å²) in [5.74, 6) is -9.21. The predicted molar refractivity (Wildman–Crippen MR) is 385 cm³/mol. The van der Waals surface area contributed by atoms with E-state index in [0.29, 0.717) is 81.1 Å². The van der Waals surface area contributed by atoms with Crippen molar-refractivity contribution in [3.05, 3.63) is 177 Å². The number of nitrogens with two attached hydrogens (primary N) is 3. The van der Waals surface area contributed by atoms with Gasteiger partial charge >= 0.3 is 0 Å². The molecular formula is C82H104F9N9O6. The molecule has 0 radical (unpaired) electrons. The quantitative estimate of drug-likeness (QED) is 0.0220. The molecule has 1 aliphatic carbocycles. The molecule has 576 valence electrons. The number of hydrogen-bond donors (Lipinski definition) is 6. The molecule has 24 heteroatoms. The van der Waals surface area contributed by atoms with Crippen molar-refractivity contribution in [1.29, 1.82) is 0 Å². The fraction of sp³-hybridized carbons (Fsp3) is 0.561. The normalized spacial score (nSPS) is 24.7. The highest BCUT2D eigenvalue weighted by atomic mass is 19.2. The maximum absolute atomic E-state index is 14.1. The van der Waals surface area contributed by atoms with Crippen LogP contribution in [0.2, 0.25) is 0 Å². The number of piperidine rings is 3. The molecule has 15 nitrogen and oxygen atoms in total. The fourth-order valence-electron chi connectivity index (χ4n) is 17.7. The van der Waals surface area contributed by atoms with Gasteiger partial charge in [0.1, 0.15) is 22.9 Å². The lowest BCUT2D eigenvalue weighted by Crippen LogP contribution is -2.56. The highest BCUT2D eigenvalue weighted by molar-refractivity contribution is 6.04. The van der Waals surface area contributed by atoms with Crippen molar-refractivity contribution in [1.82, 2.24) is 30.7 Å². The van der Waals surface area contributed by atoms with Crippen LogP contribution in [0.25, 0.3) is 0 Å². The lowest BCUT2D eigenvalue weighted by atomic mass is 9.71. The number of benzene rings is 5. The number of hydrogen-bond acceptors (Lipinski definition) is 9. The zero-order valence-electron chi connectivity index (χ0n) is 61.4. The van der Waals surface area contributed by atoms with Gasteiger partial charge in [-0.2, -0.15) is 0 Å². The molecule has 0 aromatic heterocycles. The number of nitrogens with one attached hydrogen (secondary N) is 3. The first-order chi connectivity index (χ1) is 50.3. The van der Waals surface area contributed by atoms with Gasteiger partial charge in [-0.05, 0) is 211 Å². The molecule has 5 aromatic carbocycles. The van der Waals surface area contributed by atoms with Crippen molar-refractivity contribution in [3.63, 3.8) is 0 Å². The van der Waals surface area contributed by atoms with Crippen LogP contribution in [0.5, 0.6) is 0 Å². The topological polar surface area (TPSA) is 226 Å². The zero-order chi connectivity index (χ0) is 76.5.